The van der Waals surface area contributed by atoms with E-state index in [2.05, 4.69) is 56.9 Å². The van der Waals surface area contributed by atoms with Gasteiger partial charge in [-0.15, -0.1) is 11.3 Å². The van der Waals surface area contributed by atoms with Gasteiger partial charge in [0.1, 0.15) is 0 Å². The van der Waals surface area contributed by atoms with Gasteiger partial charge in [-0.2, -0.15) is 0 Å². The summed E-state index contributed by atoms with van der Waals surface area (Å²) < 4.78 is 1.19. The number of hydrogen-bond donors (Lipinski definition) is 2. The Hall–Kier alpha value is 0.0600. The van der Waals surface area contributed by atoms with Crippen LogP contribution < -0.4 is 10.6 Å². The monoisotopic (exact) mass is 331 g/mol. The van der Waals surface area contributed by atoms with Crippen molar-refractivity contribution in [3.63, 3.8) is 0 Å². The molecule has 0 spiro atoms. The van der Waals surface area contributed by atoms with Crippen molar-refractivity contribution in [3.8, 4) is 0 Å². The summed E-state index contributed by atoms with van der Waals surface area (Å²) in [5.41, 5.74) is 0. The van der Waals surface area contributed by atoms with Crippen LogP contribution in [0.4, 0.5) is 0 Å². The first-order chi connectivity index (χ1) is 8.70. The molecule has 2 heterocycles. The number of piperazine rings is 1. The van der Waals surface area contributed by atoms with Gasteiger partial charge >= 0.3 is 0 Å². The highest BCUT2D eigenvalue weighted by molar-refractivity contribution is 9.10. The van der Waals surface area contributed by atoms with Gasteiger partial charge in [-0.25, -0.2) is 0 Å². The Morgan fingerprint density at radius 3 is 2.78 bits per heavy atom. The molecule has 102 valence electrons. The van der Waals surface area contributed by atoms with Crippen molar-refractivity contribution in [1.29, 1.82) is 0 Å². The molecule has 0 aromatic carbocycles. The van der Waals surface area contributed by atoms with Gasteiger partial charge in [0.05, 0.1) is 0 Å². The van der Waals surface area contributed by atoms with Gasteiger partial charge in [0.25, 0.3) is 0 Å². The van der Waals surface area contributed by atoms with E-state index < -0.39 is 0 Å². The van der Waals surface area contributed by atoms with Crippen molar-refractivity contribution in [2.75, 3.05) is 39.8 Å². The molecule has 1 aromatic heterocycles. The molecule has 0 aliphatic carbocycles. The zero-order valence-corrected chi connectivity index (χ0v) is 13.5. The van der Waals surface area contributed by atoms with Gasteiger partial charge in [-0.05, 0) is 35.0 Å². The minimum atomic E-state index is 0.455. The fourth-order valence-corrected chi connectivity index (χ4v) is 4.29. The lowest BCUT2D eigenvalue weighted by Gasteiger charge is -2.32. The number of nitrogens with zero attached hydrogens (tertiary/aromatic N) is 1. The maximum atomic E-state index is 3.54. The Kier molecular flexibility index (Phi) is 5.63. The van der Waals surface area contributed by atoms with E-state index in [1.54, 1.807) is 0 Å². The van der Waals surface area contributed by atoms with Gasteiger partial charge in [0.15, 0.2) is 0 Å². The van der Waals surface area contributed by atoms with E-state index in [0.29, 0.717) is 12.0 Å². The fourth-order valence-electron chi connectivity index (χ4n) is 2.60. The average Bonchev–Trinajstić information content (AvgIpc) is 2.78. The fraction of sp³-hybridized carbons (Fsp3) is 0.692. The summed E-state index contributed by atoms with van der Waals surface area (Å²) in [5, 5.41) is 9.04. The smallest absolute Gasteiger partial charge is 0.0451 e. The van der Waals surface area contributed by atoms with E-state index in [-0.39, 0.29) is 0 Å². The van der Waals surface area contributed by atoms with Crippen LogP contribution in [0.15, 0.2) is 15.9 Å². The Balaban J connectivity index is 1.94. The summed E-state index contributed by atoms with van der Waals surface area (Å²) in [6.07, 6.45) is 0. The van der Waals surface area contributed by atoms with Crippen LogP contribution in [0, 0.1) is 5.92 Å². The zero-order chi connectivity index (χ0) is 13.0. The number of rotatable bonds is 5. The molecule has 2 unspecified atom stereocenters. The highest BCUT2D eigenvalue weighted by atomic mass is 79.9. The second-order valence-corrected chi connectivity index (χ2v) is 6.82. The van der Waals surface area contributed by atoms with E-state index in [1.807, 2.05) is 11.3 Å². The predicted octanol–water partition coefficient (Wildman–Crippen LogP) is 2.31. The number of halogens is 1. The lowest BCUT2D eigenvalue weighted by Crippen LogP contribution is -2.46. The molecular weight excluding hydrogens is 310 g/mol. The summed E-state index contributed by atoms with van der Waals surface area (Å²) in [7, 11) is 2.06. The first kappa shape index (κ1) is 14.5. The summed E-state index contributed by atoms with van der Waals surface area (Å²) in [6, 6.07) is 2.69. The molecule has 18 heavy (non-hydrogen) atoms. The summed E-state index contributed by atoms with van der Waals surface area (Å²) >= 11 is 5.37. The molecule has 0 amide bonds. The van der Waals surface area contributed by atoms with Crippen molar-refractivity contribution in [1.82, 2.24) is 15.5 Å². The van der Waals surface area contributed by atoms with E-state index in [9.17, 15) is 0 Å². The predicted molar refractivity (Wildman–Crippen MR) is 82.3 cm³/mol. The maximum absolute atomic E-state index is 3.54. The molecule has 5 heteroatoms. The van der Waals surface area contributed by atoms with E-state index >= 15 is 0 Å². The van der Waals surface area contributed by atoms with Crippen LogP contribution in [-0.2, 0) is 0 Å². The number of hydrogen-bond acceptors (Lipinski definition) is 4. The van der Waals surface area contributed by atoms with Crippen molar-refractivity contribution in [2.45, 2.75) is 13.0 Å². The lowest BCUT2D eigenvalue weighted by molar-refractivity contribution is 0.193. The molecule has 0 bridgehead atoms. The van der Waals surface area contributed by atoms with Gasteiger partial charge in [-0.3, -0.25) is 0 Å². The normalized spacial score (nSPS) is 20.8. The molecule has 1 fully saturated rings. The lowest BCUT2D eigenvalue weighted by atomic mass is 9.99. The molecule has 0 radical (unpaired) electrons. The third kappa shape index (κ3) is 3.78. The maximum Gasteiger partial charge on any atom is 0.0451 e. The molecule has 2 N–H and O–H groups in total. The highest BCUT2D eigenvalue weighted by Crippen LogP contribution is 2.30. The van der Waals surface area contributed by atoms with Crippen LogP contribution in [-0.4, -0.2) is 44.7 Å². The topological polar surface area (TPSA) is 27.3 Å². The van der Waals surface area contributed by atoms with Gasteiger partial charge in [-0.1, -0.05) is 6.92 Å². The molecule has 1 aliphatic heterocycles. The van der Waals surface area contributed by atoms with Crippen LogP contribution >= 0.6 is 27.3 Å². The Labute approximate surface area is 122 Å². The van der Waals surface area contributed by atoms with Crippen molar-refractivity contribution in [3.05, 3.63) is 20.8 Å². The largest absolute Gasteiger partial charge is 0.314 e. The first-order valence-electron chi connectivity index (χ1n) is 6.55. The van der Waals surface area contributed by atoms with Crippen LogP contribution in [0.5, 0.6) is 0 Å². The van der Waals surface area contributed by atoms with Gasteiger partial charge in [0.2, 0.25) is 0 Å². The molecule has 2 atom stereocenters. The minimum absolute atomic E-state index is 0.455. The van der Waals surface area contributed by atoms with Gasteiger partial charge < -0.3 is 15.5 Å². The molecule has 1 aromatic rings. The summed E-state index contributed by atoms with van der Waals surface area (Å²) in [5.74, 6) is 0.624. The second kappa shape index (κ2) is 7.01. The van der Waals surface area contributed by atoms with Crippen molar-refractivity contribution >= 4 is 27.3 Å². The van der Waals surface area contributed by atoms with E-state index in [1.165, 1.54) is 29.0 Å². The first-order valence-corrected chi connectivity index (χ1v) is 8.22. The Morgan fingerprint density at radius 2 is 2.22 bits per heavy atom. The van der Waals surface area contributed by atoms with Crippen LogP contribution in [0.2, 0.25) is 0 Å². The molecule has 2 rings (SSSR count). The van der Waals surface area contributed by atoms with Crippen LogP contribution in [0.1, 0.15) is 17.8 Å². The minimum Gasteiger partial charge on any atom is -0.314 e. The van der Waals surface area contributed by atoms with Gasteiger partial charge in [0, 0.05) is 53.5 Å². The third-order valence-electron chi connectivity index (χ3n) is 3.53. The van der Waals surface area contributed by atoms with Crippen LogP contribution in [0.25, 0.3) is 0 Å². The number of thiophene rings is 1. The molecule has 3 nitrogen and oxygen atoms in total. The Morgan fingerprint density at radius 1 is 1.50 bits per heavy atom. The SMILES string of the molecule is CNC(c1cc(Br)cs1)C(C)CN1CCNCC1. The third-order valence-corrected chi connectivity index (χ3v) is 5.31. The molecule has 0 saturated carbocycles. The Bertz CT molecular complexity index is 363. The van der Waals surface area contributed by atoms with E-state index in [0.717, 1.165) is 13.1 Å². The molecule has 1 saturated heterocycles. The molecular formula is C13H22BrN3S. The van der Waals surface area contributed by atoms with Crippen molar-refractivity contribution in [2.24, 2.45) is 5.92 Å². The quantitative estimate of drug-likeness (QED) is 0.867. The summed E-state index contributed by atoms with van der Waals surface area (Å²) in [6.45, 7) is 8.12. The highest BCUT2D eigenvalue weighted by Gasteiger charge is 2.22. The second-order valence-electron chi connectivity index (χ2n) is 4.96. The standard InChI is InChI=1S/C13H22BrN3S/c1-10(8-17-5-3-16-4-6-17)13(15-2)12-7-11(14)9-18-12/h7,9-10,13,15-16H,3-6,8H2,1-2H3. The number of nitrogens with one attached hydrogen (secondary N) is 2. The summed E-state index contributed by atoms with van der Waals surface area (Å²) in [4.78, 5) is 3.99. The molecule has 1 aliphatic rings. The average molecular weight is 332 g/mol. The zero-order valence-electron chi connectivity index (χ0n) is 11.1. The van der Waals surface area contributed by atoms with Crippen LogP contribution in [0.3, 0.4) is 0 Å². The van der Waals surface area contributed by atoms with Crippen molar-refractivity contribution < 1.29 is 0 Å². The van der Waals surface area contributed by atoms with E-state index in [4.69, 9.17) is 0 Å².